The molecule has 21 heavy (non-hydrogen) atoms. The summed E-state index contributed by atoms with van der Waals surface area (Å²) in [5, 5.41) is 8.83. The summed E-state index contributed by atoms with van der Waals surface area (Å²) in [6, 6.07) is 5.98. The Hall–Kier alpha value is -1.62. The summed E-state index contributed by atoms with van der Waals surface area (Å²) in [7, 11) is -2.20. The fraction of sp³-hybridized carbons (Fsp3) is 0.500. The van der Waals surface area contributed by atoms with E-state index < -0.39 is 10.0 Å². The number of hydrogen-bond donors (Lipinski definition) is 1. The number of rotatable bonds is 7. The standard InChI is InChI=1S/C14H21N3O3S/c1-4-11(2)17(7-8-20-3)21(18,19)14-6-5-12(10-15)9-13(14)16/h5-6,9,11H,4,7-8,16H2,1-3H3. The molecule has 0 aliphatic rings. The zero-order chi connectivity index (χ0) is 16.0. The van der Waals surface area contributed by atoms with Crippen molar-refractivity contribution in [1.82, 2.24) is 4.31 Å². The molecular weight excluding hydrogens is 290 g/mol. The molecule has 0 aromatic heterocycles. The summed E-state index contributed by atoms with van der Waals surface area (Å²) < 4.78 is 31.9. The van der Waals surface area contributed by atoms with E-state index in [4.69, 9.17) is 15.7 Å². The normalized spacial score (nSPS) is 13.1. The van der Waals surface area contributed by atoms with Crippen LogP contribution in [0.3, 0.4) is 0 Å². The molecule has 1 atom stereocenters. The number of anilines is 1. The van der Waals surface area contributed by atoms with Crippen LogP contribution in [0, 0.1) is 11.3 Å². The van der Waals surface area contributed by atoms with Crippen LogP contribution in [0.1, 0.15) is 25.8 Å². The molecule has 0 bridgehead atoms. The highest BCUT2D eigenvalue weighted by molar-refractivity contribution is 7.89. The number of nitrogens with zero attached hydrogens (tertiary/aromatic N) is 2. The average Bonchev–Trinajstić information content (AvgIpc) is 2.46. The minimum absolute atomic E-state index is 0.0258. The highest BCUT2D eigenvalue weighted by atomic mass is 32.2. The van der Waals surface area contributed by atoms with Gasteiger partial charge in [0.1, 0.15) is 4.90 Å². The highest BCUT2D eigenvalue weighted by Gasteiger charge is 2.29. The zero-order valence-electron chi connectivity index (χ0n) is 12.5. The van der Waals surface area contributed by atoms with E-state index in [1.54, 1.807) is 0 Å². The lowest BCUT2D eigenvalue weighted by atomic mass is 10.2. The van der Waals surface area contributed by atoms with Gasteiger partial charge in [-0.3, -0.25) is 0 Å². The van der Waals surface area contributed by atoms with Crippen molar-refractivity contribution in [3.05, 3.63) is 23.8 Å². The van der Waals surface area contributed by atoms with Crippen LogP contribution in [-0.4, -0.2) is 39.0 Å². The molecule has 1 aromatic rings. The monoisotopic (exact) mass is 311 g/mol. The molecule has 0 fully saturated rings. The molecule has 7 heteroatoms. The molecule has 6 nitrogen and oxygen atoms in total. The van der Waals surface area contributed by atoms with Crippen molar-refractivity contribution in [2.75, 3.05) is 26.0 Å². The Morgan fingerprint density at radius 2 is 2.14 bits per heavy atom. The predicted octanol–water partition coefficient (Wildman–Crippen LogP) is 1.58. The van der Waals surface area contributed by atoms with Crippen molar-refractivity contribution in [1.29, 1.82) is 5.26 Å². The van der Waals surface area contributed by atoms with E-state index in [1.165, 1.54) is 29.6 Å². The minimum Gasteiger partial charge on any atom is -0.398 e. The van der Waals surface area contributed by atoms with Gasteiger partial charge in [-0.05, 0) is 31.5 Å². The number of nitrogen functional groups attached to an aromatic ring is 1. The van der Waals surface area contributed by atoms with Gasteiger partial charge in [0.05, 0.1) is 23.9 Å². The van der Waals surface area contributed by atoms with Crippen LogP contribution in [0.15, 0.2) is 23.1 Å². The minimum atomic E-state index is -3.72. The summed E-state index contributed by atoms with van der Waals surface area (Å²) in [6.07, 6.45) is 0.680. The fourth-order valence-electron chi connectivity index (χ4n) is 1.94. The third-order valence-corrected chi connectivity index (χ3v) is 5.41. The Morgan fingerprint density at radius 1 is 1.48 bits per heavy atom. The molecule has 0 spiro atoms. The van der Waals surface area contributed by atoms with Crippen molar-refractivity contribution in [3.63, 3.8) is 0 Å². The largest absolute Gasteiger partial charge is 0.398 e. The summed E-state index contributed by atoms with van der Waals surface area (Å²) in [6.45, 7) is 4.32. The van der Waals surface area contributed by atoms with Crippen LogP contribution in [-0.2, 0) is 14.8 Å². The van der Waals surface area contributed by atoms with Gasteiger partial charge in [0.25, 0.3) is 0 Å². The van der Waals surface area contributed by atoms with Gasteiger partial charge in [-0.1, -0.05) is 6.92 Å². The van der Waals surface area contributed by atoms with E-state index in [0.717, 1.165) is 0 Å². The van der Waals surface area contributed by atoms with E-state index in [9.17, 15) is 8.42 Å². The quantitative estimate of drug-likeness (QED) is 0.771. The van der Waals surface area contributed by atoms with Crippen LogP contribution in [0.5, 0.6) is 0 Å². The molecule has 2 N–H and O–H groups in total. The fourth-order valence-corrected chi connectivity index (χ4v) is 3.73. The number of ether oxygens (including phenoxy) is 1. The second-order valence-electron chi connectivity index (χ2n) is 4.73. The zero-order valence-corrected chi connectivity index (χ0v) is 13.4. The molecule has 116 valence electrons. The SMILES string of the molecule is CCC(C)N(CCOC)S(=O)(=O)c1ccc(C#N)cc1N. The molecule has 0 aliphatic carbocycles. The first-order valence-electron chi connectivity index (χ1n) is 6.68. The smallest absolute Gasteiger partial charge is 0.245 e. The maximum Gasteiger partial charge on any atom is 0.245 e. The maximum absolute atomic E-state index is 12.8. The van der Waals surface area contributed by atoms with Crippen molar-refractivity contribution in [2.45, 2.75) is 31.2 Å². The highest BCUT2D eigenvalue weighted by Crippen LogP contribution is 2.25. The lowest BCUT2D eigenvalue weighted by Gasteiger charge is -2.28. The van der Waals surface area contributed by atoms with Gasteiger partial charge in [-0.2, -0.15) is 9.57 Å². The Kier molecular flexibility index (Phi) is 6.15. The molecule has 1 unspecified atom stereocenters. The number of nitriles is 1. The molecule has 1 aromatic carbocycles. The Bertz CT molecular complexity index is 623. The lowest BCUT2D eigenvalue weighted by Crippen LogP contribution is -2.40. The second-order valence-corrected chi connectivity index (χ2v) is 6.59. The maximum atomic E-state index is 12.8. The van der Waals surface area contributed by atoms with E-state index in [0.29, 0.717) is 18.6 Å². The predicted molar refractivity (Wildman–Crippen MR) is 81.1 cm³/mol. The topological polar surface area (TPSA) is 96.4 Å². The summed E-state index contributed by atoms with van der Waals surface area (Å²) in [4.78, 5) is 0.0258. The van der Waals surface area contributed by atoms with Gasteiger partial charge in [0.15, 0.2) is 0 Å². The second kappa shape index (κ2) is 7.41. The first-order chi connectivity index (χ1) is 9.88. The van der Waals surface area contributed by atoms with Crippen LogP contribution in [0.4, 0.5) is 5.69 Å². The third-order valence-electron chi connectivity index (χ3n) is 3.32. The van der Waals surface area contributed by atoms with Crippen molar-refractivity contribution >= 4 is 15.7 Å². The van der Waals surface area contributed by atoms with Crippen molar-refractivity contribution in [2.24, 2.45) is 0 Å². The molecule has 0 aliphatic heterocycles. The Morgan fingerprint density at radius 3 is 2.62 bits per heavy atom. The van der Waals surface area contributed by atoms with E-state index >= 15 is 0 Å². The van der Waals surface area contributed by atoms with E-state index in [1.807, 2.05) is 19.9 Å². The van der Waals surface area contributed by atoms with Gasteiger partial charge < -0.3 is 10.5 Å². The Labute approximate surface area is 126 Å². The van der Waals surface area contributed by atoms with Crippen molar-refractivity contribution < 1.29 is 13.2 Å². The number of nitrogens with two attached hydrogens (primary N) is 1. The Balaban J connectivity index is 3.25. The molecule has 0 radical (unpaired) electrons. The molecule has 0 heterocycles. The third kappa shape index (κ3) is 3.94. The molecular formula is C14H21N3O3S. The summed E-state index contributed by atoms with van der Waals surface area (Å²) in [5.41, 5.74) is 6.22. The van der Waals surface area contributed by atoms with Gasteiger partial charge in [-0.15, -0.1) is 0 Å². The van der Waals surface area contributed by atoms with Gasteiger partial charge in [0.2, 0.25) is 10.0 Å². The van der Waals surface area contributed by atoms with Crippen LogP contribution in [0.25, 0.3) is 0 Å². The molecule has 0 saturated heterocycles. The van der Waals surface area contributed by atoms with Gasteiger partial charge >= 0.3 is 0 Å². The van der Waals surface area contributed by atoms with E-state index in [2.05, 4.69) is 0 Å². The molecule has 0 amide bonds. The number of sulfonamides is 1. The first-order valence-corrected chi connectivity index (χ1v) is 8.12. The molecule has 0 saturated carbocycles. The first kappa shape index (κ1) is 17.4. The number of benzene rings is 1. The van der Waals surface area contributed by atoms with Crippen LogP contribution in [0.2, 0.25) is 0 Å². The lowest BCUT2D eigenvalue weighted by molar-refractivity contribution is 0.167. The summed E-state index contributed by atoms with van der Waals surface area (Å²) >= 11 is 0. The van der Waals surface area contributed by atoms with Gasteiger partial charge in [0, 0.05) is 19.7 Å². The molecule has 1 rings (SSSR count). The number of methoxy groups -OCH3 is 1. The average molecular weight is 311 g/mol. The number of hydrogen-bond acceptors (Lipinski definition) is 5. The van der Waals surface area contributed by atoms with Crippen LogP contribution >= 0.6 is 0 Å². The van der Waals surface area contributed by atoms with E-state index in [-0.39, 0.29) is 23.2 Å². The van der Waals surface area contributed by atoms with Crippen LogP contribution < -0.4 is 5.73 Å². The van der Waals surface area contributed by atoms with Gasteiger partial charge in [-0.25, -0.2) is 8.42 Å². The summed E-state index contributed by atoms with van der Waals surface area (Å²) in [5.74, 6) is 0. The van der Waals surface area contributed by atoms with Crippen molar-refractivity contribution in [3.8, 4) is 6.07 Å².